The Morgan fingerprint density at radius 1 is 1.38 bits per heavy atom. The smallest absolute Gasteiger partial charge is 0.124 e. The van der Waals surface area contributed by atoms with Gasteiger partial charge in [0.1, 0.15) is 5.01 Å². The second kappa shape index (κ2) is 6.51. The Kier molecular flexibility index (Phi) is 4.48. The van der Waals surface area contributed by atoms with E-state index < -0.39 is 0 Å². The van der Waals surface area contributed by atoms with Crippen LogP contribution in [0, 0.1) is 6.92 Å². The number of rotatable bonds is 6. The van der Waals surface area contributed by atoms with Gasteiger partial charge < -0.3 is 5.32 Å². The second-order valence-corrected chi connectivity index (χ2v) is 6.82. The summed E-state index contributed by atoms with van der Waals surface area (Å²) in [5.41, 5.74) is 3.52. The van der Waals surface area contributed by atoms with Crippen LogP contribution in [0.2, 0.25) is 0 Å². The molecule has 3 heterocycles. The molecule has 0 aliphatic carbocycles. The number of hydrogen-bond acceptors (Lipinski definition) is 5. The summed E-state index contributed by atoms with van der Waals surface area (Å²) in [6.07, 6.45) is 3.95. The van der Waals surface area contributed by atoms with Crippen LogP contribution in [-0.2, 0) is 13.1 Å². The van der Waals surface area contributed by atoms with Crippen LogP contribution in [0.5, 0.6) is 0 Å². The Bertz CT molecular complexity index is 684. The van der Waals surface area contributed by atoms with Crippen LogP contribution >= 0.6 is 22.7 Å². The Morgan fingerprint density at radius 3 is 3.00 bits per heavy atom. The lowest BCUT2D eigenvalue weighted by atomic mass is 10.3. The summed E-state index contributed by atoms with van der Waals surface area (Å²) >= 11 is 3.41. The van der Waals surface area contributed by atoms with Gasteiger partial charge in [-0.3, -0.25) is 4.68 Å². The van der Waals surface area contributed by atoms with Crippen LogP contribution in [-0.4, -0.2) is 20.8 Å². The monoisotopic (exact) mass is 318 g/mol. The van der Waals surface area contributed by atoms with Gasteiger partial charge in [-0.05, 0) is 30.9 Å². The number of nitrogens with one attached hydrogen (secondary N) is 1. The summed E-state index contributed by atoms with van der Waals surface area (Å²) in [6.45, 7) is 5.89. The number of nitrogens with zero attached hydrogens (tertiary/aromatic N) is 3. The van der Waals surface area contributed by atoms with Crippen LogP contribution in [0.15, 0.2) is 34.6 Å². The summed E-state index contributed by atoms with van der Waals surface area (Å²) < 4.78 is 1.98. The fourth-order valence-electron chi connectivity index (χ4n) is 2.10. The van der Waals surface area contributed by atoms with Crippen molar-refractivity contribution in [3.8, 4) is 10.6 Å². The highest BCUT2D eigenvalue weighted by Crippen LogP contribution is 2.25. The SMILES string of the molecule is Cc1cnn(C[C@@H](C)NCc2csc(-c3ccsc3)n2)c1. The summed E-state index contributed by atoms with van der Waals surface area (Å²) in [6, 6.07) is 2.47. The van der Waals surface area contributed by atoms with E-state index in [1.165, 1.54) is 11.1 Å². The molecule has 0 spiro atoms. The summed E-state index contributed by atoms with van der Waals surface area (Å²) in [5, 5.41) is 15.3. The molecule has 0 amide bonds. The van der Waals surface area contributed by atoms with Crippen molar-refractivity contribution in [2.75, 3.05) is 0 Å². The molecule has 3 rings (SSSR count). The Balaban J connectivity index is 1.53. The van der Waals surface area contributed by atoms with E-state index >= 15 is 0 Å². The molecule has 0 radical (unpaired) electrons. The van der Waals surface area contributed by atoms with E-state index in [9.17, 15) is 0 Å². The molecule has 4 nitrogen and oxygen atoms in total. The molecule has 0 unspecified atom stereocenters. The molecule has 6 heteroatoms. The normalized spacial score (nSPS) is 12.7. The first-order chi connectivity index (χ1) is 10.2. The molecule has 0 saturated carbocycles. The molecule has 0 bridgehead atoms. The Morgan fingerprint density at radius 2 is 2.29 bits per heavy atom. The van der Waals surface area contributed by atoms with Crippen LogP contribution < -0.4 is 5.32 Å². The topological polar surface area (TPSA) is 42.7 Å². The Hall–Kier alpha value is -1.50. The van der Waals surface area contributed by atoms with Crippen LogP contribution in [0.1, 0.15) is 18.2 Å². The predicted octanol–water partition coefficient (Wildman–Crippen LogP) is 3.55. The van der Waals surface area contributed by atoms with Gasteiger partial charge in [0.2, 0.25) is 0 Å². The average Bonchev–Trinajstić information content (AvgIpc) is 3.17. The van der Waals surface area contributed by atoms with Gasteiger partial charge in [-0.2, -0.15) is 16.4 Å². The molecule has 3 aromatic heterocycles. The van der Waals surface area contributed by atoms with Gasteiger partial charge >= 0.3 is 0 Å². The molecule has 1 N–H and O–H groups in total. The number of thiophene rings is 1. The number of aryl methyl sites for hydroxylation is 1. The van der Waals surface area contributed by atoms with Gasteiger partial charge in [-0.25, -0.2) is 4.98 Å². The van der Waals surface area contributed by atoms with Crippen molar-refractivity contribution < 1.29 is 0 Å². The minimum absolute atomic E-state index is 0.357. The molecule has 0 aliphatic rings. The van der Waals surface area contributed by atoms with E-state index in [2.05, 4.69) is 57.7 Å². The number of aromatic nitrogens is 3. The molecule has 0 aromatic carbocycles. The predicted molar refractivity (Wildman–Crippen MR) is 88.7 cm³/mol. The van der Waals surface area contributed by atoms with E-state index in [1.54, 1.807) is 22.7 Å². The highest BCUT2D eigenvalue weighted by molar-refractivity contribution is 7.14. The summed E-state index contributed by atoms with van der Waals surface area (Å²) in [7, 11) is 0. The van der Waals surface area contributed by atoms with E-state index in [1.807, 2.05) is 10.9 Å². The van der Waals surface area contributed by atoms with Crippen molar-refractivity contribution in [3.63, 3.8) is 0 Å². The van der Waals surface area contributed by atoms with Crippen molar-refractivity contribution in [2.45, 2.75) is 33.0 Å². The fourth-order valence-corrected chi connectivity index (χ4v) is 3.63. The first-order valence-electron chi connectivity index (χ1n) is 6.90. The van der Waals surface area contributed by atoms with Gasteiger partial charge in [0.05, 0.1) is 18.4 Å². The lowest BCUT2D eigenvalue weighted by Gasteiger charge is -2.12. The maximum atomic E-state index is 4.68. The minimum Gasteiger partial charge on any atom is -0.307 e. The molecule has 0 saturated heterocycles. The first kappa shape index (κ1) is 14.4. The largest absolute Gasteiger partial charge is 0.307 e. The minimum atomic E-state index is 0.357. The molecule has 110 valence electrons. The highest BCUT2D eigenvalue weighted by Gasteiger charge is 2.07. The molecule has 0 aliphatic heterocycles. The molecule has 3 aromatic rings. The second-order valence-electron chi connectivity index (χ2n) is 5.18. The van der Waals surface area contributed by atoms with Crippen LogP contribution in [0.25, 0.3) is 10.6 Å². The zero-order valence-corrected chi connectivity index (χ0v) is 13.7. The maximum absolute atomic E-state index is 4.68. The molecule has 21 heavy (non-hydrogen) atoms. The third-order valence-corrected chi connectivity index (χ3v) is 4.80. The van der Waals surface area contributed by atoms with E-state index in [0.29, 0.717) is 6.04 Å². The quantitative estimate of drug-likeness (QED) is 0.756. The van der Waals surface area contributed by atoms with Gasteiger partial charge in [-0.1, -0.05) is 0 Å². The summed E-state index contributed by atoms with van der Waals surface area (Å²) in [4.78, 5) is 4.68. The van der Waals surface area contributed by atoms with Crippen molar-refractivity contribution in [3.05, 3.63) is 45.9 Å². The van der Waals surface area contributed by atoms with Gasteiger partial charge in [0.25, 0.3) is 0 Å². The number of thiazole rings is 1. The molecular formula is C15H18N4S2. The first-order valence-corrected chi connectivity index (χ1v) is 8.72. The third-order valence-electron chi connectivity index (χ3n) is 3.17. The third kappa shape index (κ3) is 3.78. The fraction of sp³-hybridized carbons (Fsp3) is 0.333. The lowest BCUT2D eigenvalue weighted by molar-refractivity contribution is 0.449. The molecular weight excluding hydrogens is 300 g/mol. The van der Waals surface area contributed by atoms with Crippen molar-refractivity contribution >= 4 is 22.7 Å². The standard InChI is InChI=1S/C15H18N4S2/c1-11-5-17-19(7-11)8-12(2)16-6-14-10-21-15(18-14)13-3-4-20-9-13/h3-5,7,9-10,12,16H,6,8H2,1-2H3/t12-/m1/s1. The van der Waals surface area contributed by atoms with E-state index in [0.717, 1.165) is 23.8 Å². The zero-order valence-electron chi connectivity index (χ0n) is 12.1. The van der Waals surface area contributed by atoms with Gasteiger partial charge in [0.15, 0.2) is 0 Å². The Labute approximate surface area is 132 Å². The van der Waals surface area contributed by atoms with E-state index in [4.69, 9.17) is 0 Å². The zero-order chi connectivity index (χ0) is 14.7. The van der Waals surface area contributed by atoms with Crippen LogP contribution in [0.3, 0.4) is 0 Å². The molecule has 0 fully saturated rings. The van der Waals surface area contributed by atoms with Crippen molar-refractivity contribution in [2.24, 2.45) is 0 Å². The highest BCUT2D eigenvalue weighted by atomic mass is 32.1. The molecule has 1 atom stereocenters. The van der Waals surface area contributed by atoms with Crippen molar-refractivity contribution in [1.82, 2.24) is 20.1 Å². The van der Waals surface area contributed by atoms with Crippen molar-refractivity contribution in [1.29, 1.82) is 0 Å². The number of hydrogen-bond donors (Lipinski definition) is 1. The average molecular weight is 318 g/mol. The maximum Gasteiger partial charge on any atom is 0.124 e. The van der Waals surface area contributed by atoms with Gasteiger partial charge in [0, 0.05) is 35.1 Å². The summed E-state index contributed by atoms with van der Waals surface area (Å²) in [5.74, 6) is 0. The van der Waals surface area contributed by atoms with E-state index in [-0.39, 0.29) is 0 Å². The lowest BCUT2D eigenvalue weighted by Crippen LogP contribution is -2.30. The van der Waals surface area contributed by atoms with Gasteiger partial charge in [-0.15, -0.1) is 11.3 Å². The van der Waals surface area contributed by atoms with Crippen LogP contribution in [0.4, 0.5) is 0 Å².